The fraction of sp³-hybridized carbons (Fsp3) is 0.348. The van der Waals surface area contributed by atoms with E-state index in [2.05, 4.69) is 15.6 Å². The lowest BCUT2D eigenvalue weighted by Crippen LogP contribution is -2.41. The first-order valence-electron chi connectivity index (χ1n) is 10.7. The van der Waals surface area contributed by atoms with Gasteiger partial charge in [0, 0.05) is 25.1 Å². The predicted octanol–water partition coefficient (Wildman–Crippen LogP) is 3.80. The van der Waals surface area contributed by atoms with E-state index in [0.29, 0.717) is 30.1 Å². The van der Waals surface area contributed by atoms with E-state index in [1.807, 2.05) is 31.2 Å². The molecule has 1 aromatic carbocycles. The summed E-state index contributed by atoms with van der Waals surface area (Å²) >= 11 is 0. The molecule has 1 saturated heterocycles. The van der Waals surface area contributed by atoms with Crippen LogP contribution in [0.25, 0.3) is 12.2 Å². The molecule has 0 spiro atoms. The van der Waals surface area contributed by atoms with Crippen LogP contribution in [0.15, 0.2) is 44.3 Å². The molecule has 3 aromatic rings. The second kappa shape index (κ2) is 9.32. The summed E-state index contributed by atoms with van der Waals surface area (Å²) in [6.45, 7) is 5.80. The number of piperidine rings is 1. The van der Waals surface area contributed by atoms with Gasteiger partial charge in [0.2, 0.25) is 15.9 Å². The smallest absolute Gasteiger partial charge is 0.248 e. The monoisotopic (exact) mass is 470 g/mol. The third-order valence-electron chi connectivity index (χ3n) is 5.64. The molecule has 1 amide bonds. The van der Waals surface area contributed by atoms with E-state index >= 15 is 0 Å². The summed E-state index contributed by atoms with van der Waals surface area (Å²) in [5, 5.41) is 10.4. The van der Waals surface area contributed by atoms with Crippen molar-refractivity contribution in [3.63, 3.8) is 0 Å². The SMILES string of the molecule is Cc1ccc(/C=C/c2onc(C)c2S(=O)(=O)N2CCC(C(=O)Nc3cc(C)on3)CC2)cc1. The summed E-state index contributed by atoms with van der Waals surface area (Å²) in [6, 6.07) is 9.48. The molecule has 174 valence electrons. The Labute approximate surface area is 192 Å². The Morgan fingerprint density at radius 3 is 2.39 bits per heavy atom. The van der Waals surface area contributed by atoms with Crippen LogP contribution < -0.4 is 5.32 Å². The Hall–Kier alpha value is -3.24. The Kier molecular flexibility index (Phi) is 6.48. The largest absolute Gasteiger partial charge is 0.360 e. The third-order valence-corrected chi connectivity index (χ3v) is 7.70. The van der Waals surface area contributed by atoms with Gasteiger partial charge in [0.25, 0.3) is 0 Å². The zero-order valence-corrected chi connectivity index (χ0v) is 19.6. The lowest BCUT2D eigenvalue weighted by atomic mass is 9.97. The highest BCUT2D eigenvalue weighted by Gasteiger charge is 2.36. The van der Waals surface area contributed by atoms with Crippen LogP contribution in [0.3, 0.4) is 0 Å². The van der Waals surface area contributed by atoms with Crippen molar-refractivity contribution < 1.29 is 22.3 Å². The number of hydrogen-bond donors (Lipinski definition) is 1. The second-order valence-electron chi connectivity index (χ2n) is 8.20. The number of nitrogens with one attached hydrogen (secondary N) is 1. The summed E-state index contributed by atoms with van der Waals surface area (Å²) in [5.41, 5.74) is 2.37. The van der Waals surface area contributed by atoms with Crippen LogP contribution in [0.1, 0.15) is 41.2 Å². The Morgan fingerprint density at radius 1 is 1.06 bits per heavy atom. The Morgan fingerprint density at radius 2 is 1.76 bits per heavy atom. The van der Waals surface area contributed by atoms with Crippen LogP contribution in [0.5, 0.6) is 0 Å². The topological polar surface area (TPSA) is 119 Å². The molecule has 10 heteroatoms. The number of carbonyl (C=O) groups excluding carboxylic acids is 1. The van der Waals surface area contributed by atoms with Gasteiger partial charge in [-0.05, 0) is 45.3 Å². The van der Waals surface area contributed by atoms with Gasteiger partial charge in [-0.2, -0.15) is 4.31 Å². The lowest BCUT2D eigenvalue weighted by molar-refractivity contribution is -0.120. The molecular weight excluding hydrogens is 444 g/mol. The van der Waals surface area contributed by atoms with Crippen molar-refractivity contribution in [3.8, 4) is 0 Å². The molecule has 2 aromatic heterocycles. The van der Waals surface area contributed by atoms with Gasteiger partial charge in [-0.1, -0.05) is 46.2 Å². The standard InChI is InChI=1S/C23H26N4O5S/c1-15-4-6-18(7-5-15)8-9-20-22(17(3)25-32-20)33(29,30)27-12-10-19(11-13-27)23(28)24-21-14-16(2)31-26-21/h4-9,14,19H,10-13H2,1-3H3,(H,24,26,28)/b9-8+. The lowest BCUT2D eigenvalue weighted by Gasteiger charge is -2.30. The first kappa shape index (κ1) is 22.9. The molecule has 1 N–H and O–H groups in total. The average molecular weight is 471 g/mol. The number of aryl methyl sites for hydroxylation is 3. The number of benzene rings is 1. The summed E-state index contributed by atoms with van der Waals surface area (Å²) in [7, 11) is -3.83. The van der Waals surface area contributed by atoms with Crippen LogP contribution in [-0.2, 0) is 14.8 Å². The highest BCUT2D eigenvalue weighted by Crippen LogP contribution is 2.29. The van der Waals surface area contributed by atoms with Gasteiger partial charge in [-0.3, -0.25) is 4.79 Å². The van der Waals surface area contributed by atoms with Crippen LogP contribution in [0.4, 0.5) is 5.82 Å². The molecule has 1 aliphatic rings. The van der Waals surface area contributed by atoms with Crippen molar-refractivity contribution in [3.05, 3.63) is 58.7 Å². The minimum atomic E-state index is -3.83. The summed E-state index contributed by atoms with van der Waals surface area (Å²) in [6.07, 6.45) is 4.22. The first-order valence-corrected chi connectivity index (χ1v) is 12.1. The van der Waals surface area contributed by atoms with E-state index in [9.17, 15) is 13.2 Å². The third kappa shape index (κ3) is 5.07. The quantitative estimate of drug-likeness (QED) is 0.582. The summed E-state index contributed by atoms with van der Waals surface area (Å²) < 4.78 is 38.4. The van der Waals surface area contributed by atoms with E-state index in [0.717, 1.165) is 11.1 Å². The fourth-order valence-electron chi connectivity index (χ4n) is 3.79. The molecule has 1 fully saturated rings. The average Bonchev–Trinajstić information content (AvgIpc) is 3.38. The van der Waals surface area contributed by atoms with Gasteiger partial charge in [0.05, 0.1) is 0 Å². The highest BCUT2D eigenvalue weighted by atomic mass is 32.2. The van der Waals surface area contributed by atoms with Crippen LogP contribution in [-0.4, -0.2) is 42.0 Å². The molecule has 0 bridgehead atoms. The zero-order chi connectivity index (χ0) is 23.6. The minimum absolute atomic E-state index is 0.0619. The van der Waals surface area contributed by atoms with Crippen molar-refractivity contribution in [2.45, 2.75) is 38.5 Å². The first-order chi connectivity index (χ1) is 15.7. The van der Waals surface area contributed by atoms with Crippen molar-refractivity contribution in [2.24, 2.45) is 5.92 Å². The number of hydrogen-bond acceptors (Lipinski definition) is 7. The summed E-state index contributed by atoms with van der Waals surface area (Å²) in [4.78, 5) is 12.6. The fourth-order valence-corrected chi connectivity index (χ4v) is 5.51. The number of aromatic nitrogens is 2. The maximum Gasteiger partial charge on any atom is 0.248 e. The van der Waals surface area contributed by atoms with E-state index < -0.39 is 10.0 Å². The number of sulfonamides is 1. The molecular formula is C23H26N4O5S. The Bertz CT molecular complexity index is 1270. The molecule has 4 rings (SSSR count). The number of carbonyl (C=O) groups is 1. The number of amides is 1. The van der Waals surface area contributed by atoms with Gasteiger partial charge < -0.3 is 14.4 Å². The van der Waals surface area contributed by atoms with Gasteiger partial charge in [-0.25, -0.2) is 8.42 Å². The molecule has 0 atom stereocenters. The van der Waals surface area contributed by atoms with Crippen LogP contribution in [0, 0.1) is 26.7 Å². The number of anilines is 1. The van der Waals surface area contributed by atoms with E-state index in [-0.39, 0.29) is 35.6 Å². The van der Waals surface area contributed by atoms with E-state index in [1.165, 1.54) is 4.31 Å². The molecule has 0 radical (unpaired) electrons. The molecule has 33 heavy (non-hydrogen) atoms. The molecule has 0 aliphatic carbocycles. The van der Waals surface area contributed by atoms with Gasteiger partial charge in [0.1, 0.15) is 11.5 Å². The van der Waals surface area contributed by atoms with Gasteiger partial charge in [0.15, 0.2) is 16.5 Å². The van der Waals surface area contributed by atoms with Crippen molar-refractivity contribution in [1.29, 1.82) is 0 Å². The molecule has 0 unspecified atom stereocenters. The van der Waals surface area contributed by atoms with Gasteiger partial charge in [-0.15, -0.1) is 0 Å². The number of rotatable bonds is 6. The minimum Gasteiger partial charge on any atom is -0.360 e. The molecule has 1 aliphatic heterocycles. The van der Waals surface area contributed by atoms with Gasteiger partial charge >= 0.3 is 0 Å². The summed E-state index contributed by atoms with van der Waals surface area (Å²) in [5.74, 6) is 0.649. The predicted molar refractivity (Wildman–Crippen MR) is 123 cm³/mol. The highest BCUT2D eigenvalue weighted by molar-refractivity contribution is 7.89. The molecule has 9 nitrogen and oxygen atoms in total. The normalized spacial score (nSPS) is 15.8. The molecule has 3 heterocycles. The maximum absolute atomic E-state index is 13.4. The van der Waals surface area contributed by atoms with E-state index in [1.54, 1.807) is 32.1 Å². The van der Waals surface area contributed by atoms with Crippen molar-refractivity contribution in [1.82, 2.24) is 14.6 Å². The zero-order valence-electron chi connectivity index (χ0n) is 18.7. The Balaban J connectivity index is 1.45. The second-order valence-corrected chi connectivity index (χ2v) is 10.1. The van der Waals surface area contributed by atoms with Crippen LogP contribution >= 0.6 is 0 Å². The van der Waals surface area contributed by atoms with Crippen molar-refractivity contribution in [2.75, 3.05) is 18.4 Å². The van der Waals surface area contributed by atoms with Crippen LogP contribution in [0.2, 0.25) is 0 Å². The van der Waals surface area contributed by atoms with E-state index in [4.69, 9.17) is 9.05 Å². The molecule has 0 saturated carbocycles. The maximum atomic E-state index is 13.4. The van der Waals surface area contributed by atoms with Crippen molar-refractivity contribution >= 4 is 33.9 Å². The number of nitrogens with zero attached hydrogens (tertiary/aromatic N) is 3.